The summed E-state index contributed by atoms with van der Waals surface area (Å²) in [5, 5.41) is 7.25. The molecule has 0 aliphatic carbocycles. The summed E-state index contributed by atoms with van der Waals surface area (Å²) in [6, 6.07) is 0. The van der Waals surface area contributed by atoms with E-state index in [1.54, 1.807) is 0 Å². The van der Waals surface area contributed by atoms with Crippen molar-refractivity contribution in [2.45, 2.75) is 104 Å². The van der Waals surface area contributed by atoms with Crippen molar-refractivity contribution in [2.24, 2.45) is 11.5 Å². The number of hydrogen-bond donors (Lipinski definition) is 4. The summed E-state index contributed by atoms with van der Waals surface area (Å²) in [7, 11) is 0. The average molecular weight is 597 g/mol. The number of nitrogens with two attached hydrogens (primary N) is 2. The van der Waals surface area contributed by atoms with Gasteiger partial charge in [0, 0.05) is 52.4 Å². The number of nitrogens with zero attached hydrogens (tertiary/aromatic N) is 4. The van der Waals surface area contributed by atoms with E-state index < -0.39 is 0 Å². The normalized spacial score (nSPS) is 17.4. The molecule has 0 spiro atoms. The standard InChI is InChI=1S/C24H52N4.C10H24N4/c1-3-5-7-9-11-15-25-17-13-19-27-21-23-28(24-22-27)20-14-18-26-16-12-10-8-6-4-2;11-3-1-5-13-7-9-14(10-8-13)6-2-4-12/h25-26H,3-24H2,1-2H3;1-12H2. The average Bonchev–Trinajstić information content (AvgIpc) is 3.02. The first-order valence-corrected chi connectivity index (χ1v) is 18.4. The molecule has 2 heterocycles. The second kappa shape index (κ2) is 30.7. The molecule has 0 radical (unpaired) electrons. The molecule has 0 bridgehead atoms. The molecule has 2 fully saturated rings. The van der Waals surface area contributed by atoms with Crippen LogP contribution in [0.3, 0.4) is 0 Å². The second-order valence-electron chi connectivity index (χ2n) is 12.7. The van der Waals surface area contributed by atoms with Gasteiger partial charge >= 0.3 is 0 Å². The summed E-state index contributed by atoms with van der Waals surface area (Å²) in [5.74, 6) is 0. The summed E-state index contributed by atoms with van der Waals surface area (Å²) in [6.07, 6.45) is 18.7. The van der Waals surface area contributed by atoms with Crippen LogP contribution < -0.4 is 22.1 Å². The molecule has 8 nitrogen and oxygen atoms in total. The number of unbranched alkanes of at least 4 members (excludes halogenated alkanes) is 8. The van der Waals surface area contributed by atoms with E-state index in [-0.39, 0.29) is 0 Å². The monoisotopic (exact) mass is 597 g/mol. The highest BCUT2D eigenvalue weighted by Gasteiger charge is 2.16. The van der Waals surface area contributed by atoms with Gasteiger partial charge in [-0.05, 0) is 104 Å². The fourth-order valence-electron chi connectivity index (χ4n) is 5.92. The second-order valence-corrected chi connectivity index (χ2v) is 12.7. The predicted molar refractivity (Wildman–Crippen MR) is 186 cm³/mol. The van der Waals surface area contributed by atoms with Crippen molar-refractivity contribution in [1.82, 2.24) is 30.2 Å². The van der Waals surface area contributed by atoms with Gasteiger partial charge in [-0.2, -0.15) is 0 Å². The molecule has 6 N–H and O–H groups in total. The van der Waals surface area contributed by atoms with Gasteiger partial charge < -0.3 is 41.7 Å². The first-order chi connectivity index (χ1) is 20.7. The molecule has 0 aromatic carbocycles. The largest absolute Gasteiger partial charge is 0.330 e. The smallest absolute Gasteiger partial charge is 0.0110 e. The SMILES string of the molecule is CCCCCCCNCCCN1CCN(CCCNCCCCCCC)CC1.NCCCN1CCN(CCCN)CC1. The van der Waals surface area contributed by atoms with Crippen LogP contribution >= 0.6 is 0 Å². The van der Waals surface area contributed by atoms with Crippen molar-refractivity contribution in [3.63, 3.8) is 0 Å². The van der Waals surface area contributed by atoms with Crippen LogP contribution in [0, 0.1) is 0 Å². The Balaban J connectivity index is 0.000000525. The third kappa shape index (κ3) is 24.1. The van der Waals surface area contributed by atoms with Crippen molar-refractivity contribution < 1.29 is 0 Å². The van der Waals surface area contributed by atoms with E-state index in [0.29, 0.717) is 0 Å². The van der Waals surface area contributed by atoms with E-state index in [4.69, 9.17) is 11.5 Å². The van der Waals surface area contributed by atoms with Crippen molar-refractivity contribution in [3.8, 4) is 0 Å². The quantitative estimate of drug-likeness (QED) is 0.112. The minimum Gasteiger partial charge on any atom is -0.330 e. The van der Waals surface area contributed by atoms with Crippen LogP contribution in [0.1, 0.15) is 104 Å². The summed E-state index contributed by atoms with van der Waals surface area (Å²) in [5.41, 5.74) is 11.0. The molecule has 2 aliphatic rings. The van der Waals surface area contributed by atoms with Gasteiger partial charge in [-0.3, -0.25) is 0 Å². The fourth-order valence-corrected chi connectivity index (χ4v) is 5.92. The molecule has 8 heteroatoms. The molecule has 0 atom stereocenters. The van der Waals surface area contributed by atoms with Crippen LogP contribution in [0.15, 0.2) is 0 Å². The molecule has 0 amide bonds. The zero-order valence-corrected chi connectivity index (χ0v) is 28.6. The molecule has 2 aliphatic heterocycles. The van der Waals surface area contributed by atoms with Gasteiger partial charge in [-0.15, -0.1) is 0 Å². The van der Waals surface area contributed by atoms with Crippen molar-refractivity contribution in [2.75, 3.05) is 118 Å². The maximum absolute atomic E-state index is 5.49. The Morgan fingerprint density at radius 3 is 0.976 bits per heavy atom. The van der Waals surface area contributed by atoms with E-state index in [9.17, 15) is 0 Å². The van der Waals surface area contributed by atoms with Crippen LogP contribution in [0.25, 0.3) is 0 Å². The van der Waals surface area contributed by atoms with Crippen LogP contribution in [0.4, 0.5) is 0 Å². The van der Waals surface area contributed by atoms with Crippen LogP contribution in [-0.4, -0.2) is 137 Å². The summed E-state index contributed by atoms with van der Waals surface area (Å²) < 4.78 is 0. The lowest BCUT2D eigenvalue weighted by atomic mass is 10.1. The first-order valence-electron chi connectivity index (χ1n) is 18.4. The van der Waals surface area contributed by atoms with E-state index >= 15 is 0 Å². The Morgan fingerprint density at radius 2 is 0.667 bits per heavy atom. The number of rotatable bonds is 26. The van der Waals surface area contributed by atoms with Gasteiger partial charge in [0.15, 0.2) is 0 Å². The molecule has 0 aromatic rings. The lowest BCUT2D eigenvalue weighted by molar-refractivity contribution is 0.130. The lowest BCUT2D eigenvalue weighted by Crippen LogP contribution is -2.47. The van der Waals surface area contributed by atoms with Gasteiger partial charge in [-0.25, -0.2) is 0 Å². The Bertz CT molecular complexity index is 476. The molecule has 42 heavy (non-hydrogen) atoms. The highest BCUT2D eigenvalue weighted by molar-refractivity contribution is 4.73. The molecule has 0 unspecified atom stereocenters. The van der Waals surface area contributed by atoms with Crippen LogP contribution in [-0.2, 0) is 0 Å². The number of piperazine rings is 2. The number of nitrogens with one attached hydrogen (secondary N) is 2. The molecular formula is C34H76N8. The van der Waals surface area contributed by atoms with Crippen LogP contribution in [0.2, 0.25) is 0 Å². The van der Waals surface area contributed by atoms with E-state index in [1.807, 2.05) is 0 Å². The molecule has 0 saturated carbocycles. The van der Waals surface area contributed by atoms with E-state index in [0.717, 1.165) is 25.9 Å². The highest BCUT2D eigenvalue weighted by atomic mass is 15.3. The zero-order valence-electron chi connectivity index (χ0n) is 28.6. The van der Waals surface area contributed by atoms with Gasteiger partial charge in [0.25, 0.3) is 0 Å². The zero-order chi connectivity index (χ0) is 30.4. The molecule has 2 saturated heterocycles. The molecule has 0 aromatic heterocycles. The highest BCUT2D eigenvalue weighted by Crippen LogP contribution is 2.05. The molecular weight excluding hydrogens is 520 g/mol. The maximum Gasteiger partial charge on any atom is 0.0110 e. The first kappa shape index (κ1) is 39.7. The summed E-state index contributed by atoms with van der Waals surface area (Å²) in [4.78, 5) is 10.3. The summed E-state index contributed by atoms with van der Waals surface area (Å²) >= 11 is 0. The molecule has 252 valence electrons. The summed E-state index contributed by atoms with van der Waals surface area (Å²) in [6.45, 7) is 25.7. The third-order valence-corrected chi connectivity index (χ3v) is 8.86. The Morgan fingerprint density at radius 1 is 0.381 bits per heavy atom. The van der Waals surface area contributed by atoms with E-state index in [2.05, 4.69) is 44.1 Å². The molecule has 2 rings (SSSR count). The maximum atomic E-state index is 5.49. The van der Waals surface area contributed by atoms with Crippen molar-refractivity contribution in [3.05, 3.63) is 0 Å². The van der Waals surface area contributed by atoms with Gasteiger partial charge in [0.1, 0.15) is 0 Å². The number of hydrogen-bond acceptors (Lipinski definition) is 8. The minimum atomic E-state index is 0.813. The van der Waals surface area contributed by atoms with Gasteiger partial charge in [-0.1, -0.05) is 65.2 Å². The van der Waals surface area contributed by atoms with Crippen LogP contribution in [0.5, 0.6) is 0 Å². The Labute approximate surface area is 263 Å². The topological polar surface area (TPSA) is 89.1 Å². The predicted octanol–water partition coefficient (Wildman–Crippen LogP) is 3.81. The van der Waals surface area contributed by atoms with Crippen molar-refractivity contribution >= 4 is 0 Å². The van der Waals surface area contributed by atoms with Crippen molar-refractivity contribution in [1.29, 1.82) is 0 Å². The Kier molecular flexibility index (Phi) is 29.0. The third-order valence-electron chi connectivity index (χ3n) is 8.86. The lowest BCUT2D eigenvalue weighted by Gasteiger charge is -2.34. The van der Waals surface area contributed by atoms with Gasteiger partial charge in [0.05, 0.1) is 0 Å². The fraction of sp³-hybridized carbons (Fsp3) is 1.00. The Hall–Kier alpha value is -0.320. The van der Waals surface area contributed by atoms with E-state index in [1.165, 1.54) is 182 Å². The van der Waals surface area contributed by atoms with Gasteiger partial charge in [0.2, 0.25) is 0 Å². The minimum absolute atomic E-state index is 0.813.